The molecule has 7 heteroatoms. The highest BCUT2D eigenvalue weighted by Crippen LogP contribution is 2.24. The van der Waals surface area contributed by atoms with Crippen molar-refractivity contribution in [2.75, 3.05) is 5.32 Å². The molecule has 1 amide bonds. The van der Waals surface area contributed by atoms with Gasteiger partial charge in [0.15, 0.2) is 0 Å². The number of nitrogens with zero attached hydrogens (tertiary/aromatic N) is 2. The number of carboxylic acids is 1. The standard InChI is InChI=1S/C12H20N4O3/c1-7-9(10(13)19)11(16(4)15-7)14-12(2,3)6-5-8(17)18/h14H,5-6H2,1-4H3,(H2,13,19)(H,17,18). The average molecular weight is 268 g/mol. The Bertz CT molecular complexity index is 505. The molecule has 1 rings (SSSR count). The summed E-state index contributed by atoms with van der Waals surface area (Å²) in [7, 11) is 1.70. The minimum absolute atomic E-state index is 0.0444. The molecule has 0 fully saturated rings. The van der Waals surface area contributed by atoms with Crippen LogP contribution < -0.4 is 11.1 Å². The molecular formula is C12H20N4O3. The topological polar surface area (TPSA) is 110 Å². The second-order valence-electron chi connectivity index (χ2n) is 5.20. The summed E-state index contributed by atoms with van der Waals surface area (Å²) in [5.74, 6) is -0.895. The van der Waals surface area contributed by atoms with Crippen LogP contribution in [0.3, 0.4) is 0 Å². The van der Waals surface area contributed by atoms with Gasteiger partial charge in [-0.25, -0.2) is 0 Å². The van der Waals surface area contributed by atoms with Crippen molar-refractivity contribution in [3.63, 3.8) is 0 Å². The highest BCUT2D eigenvalue weighted by molar-refractivity contribution is 5.99. The lowest BCUT2D eigenvalue weighted by Gasteiger charge is -2.27. The first kappa shape index (κ1) is 15.0. The number of carbonyl (C=O) groups is 2. The van der Waals surface area contributed by atoms with Gasteiger partial charge in [-0.15, -0.1) is 0 Å². The summed E-state index contributed by atoms with van der Waals surface area (Å²) in [6.45, 7) is 5.43. The Kier molecular flexibility index (Phi) is 4.18. The molecule has 0 unspecified atom stereocenters. The normalized spacial score (nSPS) is 11.4. The summed E-state index contributed by atoms with van der Waals surface area (Å²) >= 11 is 0. The van der Waals surface area contributed by atoms with E-state index in [4.69, 9.17) is 10.8 Å². The summed E-state index contributed by atoms with van der Waals surface area (Å²) in [5.41, 5.74) is 5.75. The SMILES string of the molecule is Cc1nn(C)c(NC(C)(C)CCC(=O)O)c1C(N)=O. The molecule has 0 spiro atoms. The fourth-order valence-corrected chi connectivity index (χ4v) is 1.90. The minimum atomic E-state index is -0.855. The summed E-state index contributed by atoms with van der Waals surface area (Å²) in [6.07, 6.45) is 0.466. The van der Waals surface area contributed by atoms with Crippen LogP contribution in [0.5, 0.6) is 0 Å². The maximum absolute atomic E-state index is 11.4. The van der Waals surface area contributed by atoms with Crippen LogP contribution in [0, 0.1) is 6.92 Å². The third kappa shape index (κ3) is 3.70. The number of nitrogens with two attached hydrogens (primary N) is 1. The fraction of sp³-hybridized carbons (Fsp3) is 0.583. The molecule has 106 valence electrons. The van der Waals surface area contributed by atoms with E-state index < -0.39 is 17.4 Å². The second kappa shape index (κ2) is 5.29. The van der Waals surface area contributed by atoms with Gasteiger partial charge in [0.25, 0.3) is 5.91 Å². The number of carboxylic acid groups (broad SMARTS) is 1. The summed E-state index contributed by atoms with van der Waals surface area (Å²) < 4.78 is 1.54. The number of rotatable bonds is 6. The van der Waals surface area contributed by atoms with Gasteiger partial charge in [-0.1, -0.05) is 0 Å². The number of aryl methyl sites for hydroxylation is 2. The number of hydrogen-bond acceptors (Lipinski definition) is 4. The van der Waals surface area contributed by atoms with Crippen molar-refractivity contribution in [1.29, 1.82) is 0 Å². The minimum Gasteiger partial charge on any atom is -0.481 e. The Morgan fingerprint density at radius 1 is 1.47 bits per heavy atom. The van der Waals surface area contributed by atoms with E-state index in [0.717, 1.165) is 0 Å². The van der Waals surface area contributed by atoms with E-state index in [9.17, 15) is 9.59 Å². The van der Waals surface area contributed by atoms with Crippen LogP contribution in [0.1, 0.15) is 42.7 Å². The molecule has 1 aromatic rings. The molecule has 0 aliphatic heterocycles. The molecule has 0 aliphatic carbocycles. The van der Waals surface area contributed by atoms with Gasteiger partial charge in [0.1, 0.15) is 11.4 Å². The third-order valence-corrected chi connectivity index (χ3v) is 2.89. The largest absolute Gasteiger partial charge is 0.481 e. The van der Waals surface area contributed by atoms with Crippen LogP contribution in [-0.4, -0.2) is 32.3 Å². The Hall–Kier alpha value is -2.05. The second-order valence-corrected chi connectivity index (χ2v) is 5.20. The van der Waals surface area contributed by atoms with Crippen molar-refractivity contribution in [2.45, 2.75) is 39.2 Å². The fourth-order valence-electron chi connectivity index (χ4n) is 1.90. The lowest BCUT2D eigenvalue weighted by atomic mass is 9.98. The van der Waals surface area contributed by atoms with Crippen molar-refractivity contribution in [1.82, 2.24) is 9.78 Å². The van der Waals surface area contributed by atoms with Crippen molar-refractivity contribution >= 4 is 17.7 Å². The lowest BCUT2D eigenvalue weighted by Crippen LogP contribution is -2.33. The zero-order chi connectivity index (χ0) is 14.8. The van der Waals surface area contributed by atoms with Crippen LogP contribution in [0.2, 0.25) is 0 Å². The first-order chi connectivity index (χ1) is 8.64. The number of anilines is 1. The summed E-state index contributed by atoms with van der Waals surface area (Å²) in [5, 5.41) is 16.0. The van der Waals surface area contributed by atoms with Gasteiger partial charge >= 0.3 is 5.97 Å². The third-order valence-electron chi connectivity index (χ3n) is 2.89. The Labute approximate surface area is 111 Å². The van der Waals surface area contributed by atoms with E-state index in [1.54, 1.807) is 14.0 Å². The monoisotopic (exact) mass is 268 g/mol. The van der Waals surface area contributed by atoms with Crippen molar-refractivity contribution in [3.8, 4) is 0 Å². The summed E-state index contributed by atoms with van der Waals surface area (Å²) in [6, 6.07) is 0. The van der Waals surface area contributed by atoms with Crippen LogP contribution in [0.25, 0.3) is 0 Å². The van der Waals surface area contributed by atoms with E-state index in [1.165, 1.54) is 4.68 Å². The highest BCUT2D eigenvalue weighted by atomic mass is 16.4. The molecule has 7 nitrogen and oxygen atoms in total. The van der Waals surface area contributed by atoms with Crippen LogP contribution in [0.4, 0.5) is 5.82 Å². The van der Waals surface area contributed by atoms with Gasteiger partial charge in [0.2, 0.25) is 0 Å². The van der Waals surface area contributed by atoms with Crippen LogP contribution in [-0.2, 0) is 11.8 Å². The molecule has 0 aromatic carbocycles. The van der Waals surface area contributed by atoms with E-state index in [0.29, 0.717) is 23.5 Å². The predicted octanol–water partition coefficient (Wildman–Crippen LogP) is 0.883. The van der Waals surface area contributed by atoms with Crippen molar-refractivity contribution in [3.05, 3.63) is 11.3 Å². The zero-order valence-corrected chi connectivity index (χ0v) is 11.6. The highest BCUT2D eigenvalue weighted by Gasteiger charge is 2.25. The van der Waals surface area contributed by atoms with E-state index in [2.05, 4.69) is 10.4 Å². The molecule has 0 radical (unpaired) electrons. The zero-order valence-electron chi connectivity index (χ0n) is 11.6. The molecule has 0 aliphatic rings. The van der Waals surface area contributed by atoms with Gasteiger partial charge in [-0.3, -0.25) is 14.3 Å². The predicted molar refractivity (Wildman–Crippen MR) is 71.0 cm³/mol. The lowest BCUT2D eigenvalue weighted by molar-refractivity contribution is -0.137. The van der Waals surface area contributed by atoms with Crippen molar-refractivity contribution in [2.24, 2.45) is 12.8 Å². The number of nitrogens with one attached hydrogen (secondary N) is 1. The number of carbonyl (C=O) groups excluding carboxylic acids is 1. The van der Waals surface area contributed by atoms with Gasteiger partial charge in [-0.2, -0.15) is 5.10 Å². The first-order valence-corrected chi connectivity index (χ1v) is 5.97. The van der Waals surface area contributed by atoms with Gasteiger partial charge in [0.05, 0.1) is 5.69 Å². The van der Waals surface area contributed by atoms with Gasteiger partial charge in [0, 0.05) is 19.0 Å². The molecule has 1 aromatic heterocycles. The Morgan fingerprint density at radius 3 is 2.53 bits per heavy atom. The summed E-state index contributed by atoms with van der Waals surface area (Å²) in [4.78, 5) is 22.1. The molecule has 1 heterocycles. The van der Waals surface area contributed by atoms with E-state index in [-0.39, 0.29) is 6.42 Å². The molecular weight excluding hydrogens is 248 g/mol. The number of amides is 1. The van der Waals surface area contributed by atoms with E-state index in [1.807, 2.05) is 13.8 Å². The Balaban J connectivity index is 2.98. The maximum Gasteiger partial charge on any atom is 0.303 e. The van der Waals surface area contributed by atoms with Crippen molar-refractivity contribution < 1.29 is 14.7 Å². The number of aliphatic carboxylic acids is 1. The van der Waals surface area contributed by atoms with Crippen LogP contribution >= 0.6 is 0 Å². The Morgan fingerprint density at radius 2 is 2.05 bits per heavy atom. The molecule has 0 bridgehead atoms. The van der Waals surface area contributed by atoms with Gasteiger partial charge in [-0.05, 0) is 27.2 Å². The molecule has 0 saturated carbocycles. The smallest absolute Gasteiger partial charge is 0.303 e. The first-order valence-electron chi connectivity index (χ1n) is 5.97. The number of hydrogen-bond donors (Lipinski definition) is 3. The molecule has 19 heavy (non-hydrogen) atoms. The maximum atomic E-state index is 11.4. The number of primary amides is 1. The molecule has 0 saturated heterocycles. The molecule has 0 atom stereocenters. The van der Waals surface area contributed by atoms with Gasteiger partial charge < -0.3 is 16.2 Å². The number of aromatic nitrogens is 2. The quantitative estimate of drug-likeness (QED) is 0.709. The average Bonchev–Trinajstić information content (AvgIpc) is 2.50. The van der Waals surface area contributed by atoms with Crippen LogP contribution in [0.15, 0.2) is 0 Å². The van der Waals surface area contributed by atoms with E-state index >= 15 is 0 Å². The molecule has 4 N–H and O–H groups in total.